The quantitative estimate of drug-likeness (QED) is 0.553. The van der Waals surface area contributed by atoms with Crippen molar-refractivity contribution in [2.45, 2.75) is 18.9 Å². The molecule has 2 aliphatic rings. The van der Waals surface area contributed by atoms with Gasteiger partial charge in [0.2, 0.25) is 0 Å². The summed E-state index contributed by atoms with van der Waals surface area (Å²) in [6.07, 6.45) is 6.79. The Morgan fingerprint density at radius 3 is 3.00 bits per heavy atom. The molecule has 0 amide bonds. The lowest BCUT2D eigenvalue weighted by atomic mass is 9.96. The highest BCUT2D eigenvalue weighted by Crippen LogP contribution is 2.27. The van der Waals surface area contributed by atoms with Crippen molar-refractivity contribution in [3.05, 3.63) is 41.5 Å². The molecule has 1 aromatic carbocycles. The maximum atomic E-state index is 5.77. The molecule has 1 atom stereocenters. The first-order valence-electron chi connectivity index (χ1n) is 5.43. The SMILES string of the molecule is C1=CCc2c(cccc2OCC2CO2)C1. The molecule has 2 heteroatoms. The summed E-state index contributed by atoms with van der Waals surface area (Å²) < 4.78 is 10.9. The Balaban J connectivity index is 1.80. The normalized spacial score (nSPS) is 22.3. The Bertz CT molecular complexity index is 392. The van der Waals surface area contributed by atoms with Crippen molar-refractivity contribution < 1.29 is 9.47 Å². The second kappa shape index (κ2) is 3.70. The average molecular weight is 202 g/mol. The highest BCUT2D eigenvalue weighted by molar-refractivity contribution is 5.44. The third-order valence-electron chi connectivity index (χ3n) is 2.88. The van der Waals surface area contributed by atoms with E-state index in [0.29, 0.717) is 12.7 Å². The molecule has 1 fully saturated rings. The molecule has 1 heterocycles. The molecule has 3 rings (SSSR count). The molecule has 0 radical (unpaired) electrons. The minimum Gasteiger partial charge on any atom is -0.490 e. The molecule has 2 nitrogen and oxygen atoms in total. The van der Waals surface area contributed by atoms with Crippen molar-refractivity contribution >= 4 is 0 Å². The average Bonchev–Trinajstić information content (AvgIpc) is 3.10. The summed E-state index contributed by atoms with van der Waals surface area (Å²) in [5, 5.41) is 0. The van der Waals surface area contributed by atoms with Gasteiger partial charge >= 0.3 is 0 Å². The van der Waals surface area contributed by atoms with Crippen LogP contribution in [0, 0.1) is 0 Å². The molecule has 1 aliphatic carbocycles. The van der Waals surface area contributed by atoms with E-state index in [1.807, 2.05) is 0 Å². The van der Waals surface area contributed by atoms with Gasteiger partial charge in [0, 0.05) is 5.56 Å². The zero-order chi connectivity index (χ0) is 10.1. The van der Waals surface area contributed by atoms with Gasteiger partial charge in [-0.15, -0.1) is 0 Å². The summed E-state index contributed by atoms with van der Waals surface area (Å²) in [5.41, 5.74) is 2.74. The number of fused-ring (bicyclic) bond motifs is 1. The van der Waals surface area contributed by atoms with Crippen LogP contribution in [0.25, 0.3) is 0 Å². The van der Waals surface area contributed by atoms with Crippen LogP contribution in [-0.2, 0) is 17.6 Å². The van der Waals surface area contributed by atoms with Gasteiger partial charge in [-0.05, 0) is 24.5 Å². The number of rotatable bonds is 3. The minimum atomic E-state index is 0.333. The van der Waals surface area contributed by atoms with Crippen LogP contribution in [0.2, 0.25) is 0 Å². The molecule has 0 aromatic heterocycles. The van der Waals surface area contributed by atoms with Crippen LogP contribution in [0.1, 0.15) is 11.1 Å². The number of hydrogen-bond acceptors (Lipinski definition) is 2. The van der Waals surface area contributed by atoms with Crippen molar-refractivity contribution in [2.75, 3.05) is 13.2 Å². The Morgan fingerprint density at radius 1 is 1.27 bits per heavy atom. The lowest BCUT2D eigenvalue weighted by Gasteiger charge is -2.15. The fraction of sp³-hybridized carbons (Fsp3) is 0.385. The smallest absolute Gasteiger partial charge is 0.123 e. The lowest BCUT2D eigenvalue weighted by molar-refractivity contribution is 0.261. The van der Waals surface area contributed by atoms with Crippen LogP contribution >= 0.6 is 0 Å². The number of allylic oxidation sites excluding steroid dienone is 2. The van der Waals surface area contributed by atoms with Crippen LogP contribution in [0.5, 0.6) is 5.75 Å². The maximum Gasteiger partial charge on any atom is 0.123 e. The van der Waals surface area contributed by atoms with Gasteiger partial charge in [-0.2, -0.15) is 0 Å². The third-order valence-corrected chi connectivity index (χ3v) is 2.88. The molecule has 78 valence electrons. The van der Waals surface area contributed by atoms with E-state index in [0.717, 1.165) is 25.2 Å². The van der Waals surface area contributed by atoms with Crippen LogP contribution in [0.4, 0.5) is 0 Å². The molecular weight excluding hydrogens is 188 g/mol. The van der Waals surface area contributed by atoms with Crippen LogP contribution < -0.4 is 4.74 Å². The fourth-order valence-electron chi connectivity index (χ4n) is 1.93. The molecule has 0 saturated carbocycles. The zero-order valence-electron chi connectivity index (χ0n) is 8.61. The Labute approximate surface area is 89.5 Å². The first-order valence-corrected chi connectivity index (χ1v) is 5.43. The van der Waals surface area contributed by atoms with E-state index >= 15 is 0 Å². The monoisotopic (exact) mass is 202 g/mol. The van der Waals surface area contributed by atoms with Crippen molar-refractivity contribution in [3.8, 4) is 5.75 Å². The third kappa shape index (κ3) is 1.90. The first kappa shape index (κ1) is 8.98. The first-order chi connectivity index (χ1) is 7.43. The molecule has 1 aromatic rings. The highest BCUT2D eigenvalue weighted by Gasteiger charge is 2.23. The zero-order valence-corrected chi connectivity index (χ0v) is 8.61. The Hall–Kier alpha value is -1.28. The Morgan fingerprint density at radius 2 is 2.13 bits per heavy atom. The fourth-order valence-corrected chi connectivity index (χ4v) is 1.93. The van der Waals surface area contributed by atoms with Gasteiger partial charge < -0.3 is 9.47 Å². The number of epoxide rings is 1. The van der Waals surface area contributed by atoms with Gasteiger partial charge in [0.05, 0.1) is 6.61 Å². The molecule has 15 heavy (non-hydrogen) atoms. The minimum absolute atomic E-state index is 0.333. The second-order valence-corrected chi connectivity index (χ2v) is 4.04. The van der Waals surface area contributed by atoms with Gasteiger partial charge in [-0.25, -0.2) is 0 Å². The summed E-state index contributed by atoms with van der Waals surface area (Å²) in [6, 6.07) is 6.31. The van der Waals surface area contributed by atoms with Crippen LogP contribution in [-0.4, -0.2) is 19.3 Å². The summed E-state index contributed by atoms with van der Waals surface area (Å²) in [4.78, 5) is 0. The van der Waals surface area contributed by atoms with Gasteiger partial charge in [-0.3, -0.25) is 0 Å². The second-order valence-electron chi connectivity index (χ2n) is 4.04. The predicted octanol–water partition coefficient (Wildman–Crippen LogP) is 2.12. The molecular formula is C13H14O2. The Kier molecular flexibility index (Phi) is 2.22. The van der Waals surface area contributed by atoms with Gasteiger partial charge in [0.25, 0.3) is 0 Å². The molecule has 1 unspecified atom stereocenters. The molecule has 0 N–H and O–H groups in total. The summed E-state index contributed by atoms with van der Waals surface area (Å²) in [5.74, 6) is 1.03. The van der Waals surface area contributed by atoms with Crippen LogP contribution in [0.3, 0.4) is 0 Å². The number of benzene rings is 1. The number of hydrogen-bond donors (Lipinski definition) is 0. The van der Waals surface area contributed by atoms with E-state index < -0.39 is 0 Å². The summed E-state index contributed by atoms with van der Waals surface area (Å²) in [6.45, 7) is 1.55. The largest absolute Gasteiger partial charge is 0.490 e. The highest BCUT2D eigenvalue weighted by atomic mass is 16.6. The van der Waals surface area contributed by atoms with Gasteiger partial charge in [0.1, 0.15) is 18.5 Å². The van der Waals surface area contributed by atoms with E-state index in [-0.39, 0.29) is 0 Å². The van der Waals surface area contributed by atoms with Crippen molar-refractivity contribution in [1.82, 2.24) is 0 Å². The van der Waals surface area contributed by atoms with E-state index in [1.54, 1.807) is 0 Å². The number of ether oxygens (including phenoxy) is 2. The van der Waals surface area contributed by atoms with E-state index in [9.17, 15) is 0 Å². The molecule has 1 saturated heterocycles. The van der Waals surface area contributed by atoms with Crippen molar-refractivity contribution in [2.24, 2.45) is 0 Å². The lowest BCUT2D eigenvalue weighted by Crippen LogP contribution is -2.08. The molecule has 0 bridgehead atoms. The van der Waals surface area contributed by atoms with Crippen molar-refractivity contribution in [1.29, 1.82) is 0 Å². The summed E-state index contributed by atoms with van der Waals surface area (Å²) in [7, 11) is 0. The van der Waals surface area contributed by atoms with Gasteiger partial charge in [0.15, 0.2) is 0 Å². The molecule has 1 aliphatic heterocycles. The standard InChI is InChI=1S/C13H14O2/c1-2-6-12-10(4-1)5-3-7-13(12)15-9-11-8-14-11/h1-3,5,7,11H,4,6,8-9H2. The predicted molar refractivity (Wildman–Crippen MR) is 58.2 cm³/mol. The van der Waals surface area contributed by atoms with E-state index in [2.05, 4.69) is 30.4 Å². The van der Waals surface area contributed by atoms with E-state index in [1.165, 1.54) is 11.1 Å². The maximum absolute atomic E-state index is 5.77. The van der Waals surface area contributed by atoms with Crippen molar-refractivity contribution in [3.63, 3.8) is 0 Å². The summed E-state index contributed by atoms with van der Waals surface area (Å²) >= 11 is 0. The van der Waals surface area contributed by atoms with Gasteiger partial charge in [-0.1, -0.05) is 24.3 Å². The topological polar surface area (TPSA) is 21.8 Å². The van der Waals surface area contributed by atoms with Crippen LogP contribution in [0.15, 0.2) is 30.4 Å². The van der Waals surface area contributed by atoms with E-state index in [4.69, 9.17) is 9.47 Å². The molecule has 0 spiro atoms.